The normalized spacial score (nSPS) is 9.84. The van der Waals surface area contributed by atoms with Crippen LogP contribution in [0.1, 0.15) is 11.1 Å². The zero-order valence-electron chi connectivity index (χ0n) is 13.7. The zero-order valence-corrected chi connectivity index (χ0v) is 19.6. The van der Waals surface area contributed by atoms with Crippen LogP contribution in [-0.2, 0) is 20.4 Å². The van der Waals surface area contributed by atoms with E-state index < -0.39 is 0 Å². The van der Waals surface area contributed by atoms with Crippen LogP contribution in [0.2, 0.25) is 0 Å². The number of nitrogens with zero attached hydrogens (tertiary/aromatic N) is 2. The Morgan fingerprint density at radius 1 is 0.600 bits per heavy atom. The van der Waals surface area contributed by atoms with Gasteiger partial charge in [0.1, 0.15) is 0 Å². The van der Waals surface area contributed by atoms with Gasteiger partial charge in [-0.1, -0.05) is 36.4 Å². The third-order valence-corrected chi connectivity index (χ3v) is 4.11. The van der Waals surface area contributed by atoms with E-state index in [2.05, 4.69) is 62.4 Å². The summed E-state index contributed by atoms with van der Waals surface area (Å²) in [4.78, 5) is 9.58. The third-order valence-electron chi connectivity index (χ3n) is 4.11. The number of hydrogen-bond acceptors (Lipinski definition) is 2. The number of fused-ring (bicyclic) bond motifs is 2. The van der Waals surface area contributed by atoms with Gasteiger partial charge in [-0.15, -0.1) is 0 Å². The van der Waals surface area contributed by atoms with E-state index in [1.54, 1.807) is 0 Å². The summed E-state index contributed by atoms with van der Waals surface area (Å²) < 4.78 is 0. The van der Waals surface area contributed by atoms with Crippen LogP contribution >= 0.6 is 0 Å². The van der Waals surface area contributed by atoms with Crippen LogP contribution < -0.4 is 48.0 Å². The summed E-state index contributed by atoms with van der Waals surface area (Å²) in [5.41, 5.74) is 6.37. The summed E-state index contributed by atoms with van der Waals surface area (Å²) in [6, 6.07) is 20.7. The second-order valence-corrected chi connectivity index (χ2v) is 5.68. The van der Waals surface area contributed by atoms with Crippen LogP contribution in [-0.4, -0.2) is 9.97 Å². The number of aryl methyl sites for hydroxylation is 2. The number of para-hydroxylation sites is 2. The molecule has 0 aliphatic heterocycles. The van der Waals surface area contributed by atoms with Gasteiger partial charge in [0.2, 0.25) is 0 Å². The van der Waals surface area contributed by atoms with Gasteiger partial charge >= 0.3 is 20.4 Å². The Bertz CT molecular complexity index is 936. The maximum absolute atomic E-state index is 4.79. The van der Waals surface area contributed by atoms with E-state index in [4.69, 9.17) is 9.97 Å². The molecule has 0 aliphatic rings. The van der Waals surface area contributed by atoms with Gasteiger partial charge in [0.15, 0.2) is 0 Å². The predicted molar refractivity (Wildman–Crippen MR) is 92.0 cm³/mol. The number of halogens is 2. The van der Waals surface area contributed by atoms with E-state index >= 15 is 0 Å². The maximum atomic E-state index is 4.79. The van der Waals surface area contributed by atoms with Gasteiger partial charge in [0.05, 0.1) is 22.4 Å². The Morgan fingerprint density at radius 3 is 1.36 bits per heavy atom. The minimum Gasteiger partial charge on any atom is -1.00 e. The van der Waals surface area contributed by atoms with E-state index in [1.807, 2.05) is 12.1 Å². The monoisotopic (exact) mass is 644 g/mol. The molecule has 25 heavy (non-hydrogen) atoms. The Balaban J connectivity index is 0.00000104. The SMILES string of the molecule is Cc1cc(-c2cc(C)c3ccccc3n2)nc2ccccc12.[I-].[I-].[Pd+2]. The second kappa shape index (κ2) is 9.36. The van der Waals surface area contributed by atoms with Crippen LogP contribution in [0.25, 0.3) is 33.2 Å². The van der Waals surface area contributed by atoms with E-state index in [-0.39, 0.29) is 68.4 Å². The van der Waals surface area contributed by atoms with Crippen molar-refractivity contribution in [2.45, 2.75) is 13.8 Å². The molecule has 0 radical (unpaired) electrons. The molecule has 130 valence electrons. The summed E-state index contributed by atoms with van der Waals surface area (Å²) in [5, 5.41) is 2.40. The molecule has 0 unspecified atom stereocenters. The van der Waals surface area contributed by atoms with Crippen molar-refractivity contribution >= 4 is 21.8 Å². The Kier molecular flexibility index (Phi) is 8.39. The molecule has 2 nitrogen and oxygen atoms in total. The first-order valence-electron chi connectivity index (χ1n) is 7.45. The molecule has 4 aromatic rings. The van der Waals surface area contributed by atoms with E-state index in [0.717, 1.165) is 22.4 Å². The first kappa shape index (κ1) is 22.4. The number of rotatable bonds is 1. The molecular weight excluding hydrogens is 628 g/mol. The standard InChI is InChI=1S/C20H16N2.2HI.Pd/c1-13-11-19(21-17-9-5-3-7-15(13)17)20-12-14(2)16-8-4-6-10-18(16)22-20;;;/h3-12H,1-2H3;2*1H;/q;;;+2/p-2. The first-order chi connectivity index (χ1) is 10.7. The van der Waals surface area contributed by atoms with Gasteiger partial charge in [-0.05, 0) is 49.2 Å². The van der Waals surface area contributed by atoms with Crippen LogP contribution in [0.4, 0.5) is 0 Å². The molecule has 2 aromatic heterocycles. The molecule has 0 N–H and O–H groups in total. The quantitative estimate of drug-likeness (QED) is 0.198. The average molecular weight is 645 g/mol. The topological polar surface area (TPSA) is 25.8 Å². The van der Waals surface area contributed by atoms with Crippen LogP contribution in [0.5, 0.6) is 0 Å². The maximum Gasteiger partial charge on any atom is 2.00 e. The Labute approximate surface area is 195 Å². The van der Waals surface area contributed by atoms with Crippen molar-refractivity contribution in [2.75, 3.05) is 0 Å². The van der Waals surface area contributed by atoms with Crippen LogP contribution in [0.15, 0.2) is 60.7 Å². The van der Waals surface area contributed by atoms with Crippen molar-refractivity contribution in [2.24, 2.45) is 0 Å². The number of pyridine rings is 2. The summed E-state index contributed by atoms with van der Waals surface area (Å²) in [6.45, 7) is 4.25. The smallest absolute Gasteiger partial charge is 1.00 e. The van der Waals surface area contributed by atoms with Crippen molar-refractivity contribution in [1.82, 2.24) is 9.97 Å². The van der Waals surface area contributed by atoms with Gasteiger partial charge in [0.25, 0.3) is 0 Å². The van der Waals surface area contributed by atoms with E-state index in [1.165, 1.54) is 21.9 Å². The van der Waals surface area contributed by atoms with E-state index in [0.29, 0.717) is 0 Å². The largest absolute Gasteiger partial charge is 2.00 e. The van der Waals surface area contributed by atoms with Crippen molar-refractivity contribution in [1.29, 1.82) is 0 Å². The van der Waals surface area contributed by atoms with E-state index in [9.17, 15) is 0 Å². The summed E-state index contributed by atoms with van der Waals surface area (Å²) in [5.74, 6) is 0. The molecule has 0 spiro atoms. The minimum absolute atomic E-state index is 0. The molecule has 0 atom stereocenters. The summed E-state index contributed by atoms with van der Waals surface area (Å²) >= 11 is 0. The second-order valence-electron chi connectivity index (χ2n) is 5.68. The van der Waals surface area contributed by atoms with Gasteiger partial charge < -0.3 is 48.0 Å². The Hall–Kier alpha value is -0.618. The molecule has 2 aromatic carbocycles. The van der Waals surface area contributed by atoms with Gasteiger partial charge in [-0.25, -0.2) is 9.97 Å². The van der Waals surface area contributed by atoms with Crippen molar-refractivity contribution in [3.8, 4) is 11.4 Å². The van der Waals surface area contributed by atoms with Crippen LogP contribution in [0, 0.1) is 13.8 Å². The van der Waals surface area contributed by atoms with Gasteiger partial charge in [0, 0.05) is 10.8 Å². The fraction of sp³-hybridized carbons (Fsp3) is 0.100. The first-order valence-corrected chi connectivity index (χ1v) is 7.45. The van der Waals surface area contributed by atoms with Crippen LogP contribution in [0.3, 0.4) is 0 Å². The summed E-state index contributed by atoms with van der Waals surface area (Å²) in [7, 11) is 0. The van der Waals surface area contributed by atoms with Gasteiger partial charge in [-0.3, -0.25) is 0 Å². The molecule has 0 fully saturated rings. The van der Waals surface area contributed by atoms with Gasteiger partial charge in [-0.2, -0.15) is 0 Å². The fourth-order valence-electron chi connectivity index (χ4n) is 2.96. The number of hydrogen-bond donors (Lipinski definition) is 0. The molecule has 0 saturated heterocycles. The third kappa shape index (κ3) is 4.38. The zero-order chi connectivity index (χ0) is 15.1. The van der Waals surface area contributed by atoms with Crippen molar-refractivity contribution < 1.29 is 68.4 Å². The number of aromatic nitrogens is 2. The van der Waals surface area contributed by atoms with Crippen molar-refractivity contribution in [3.05, 3.63) is 71.8 Å². The Morgan fingerprint density at radius 2 is 0.960 bits per heavy atom. The number of benzene rings is 2. The fourth-order valence-corrected chi connectivity index (χ4v) is 2.96. The minimum atomic E-state index is 0. The molecule has 4 rings (SSSR count). The molecular formula is C20H16I2N2Pd. The van der Waals surface area contributed by atoms with Crippen molar-refractivity contribution in [3.63, 3.8) is 0 Å². The average Bonchev–Trinajstić information content (AvgIpc) is 2.55. The predicted octanol–water partition coefficient (Wildman–Crippen LogP) is -0.928. The molecule has 0 bridgehead atoms. The molecule has 5 heteroatoms. The summed E-state index contributed by atoms with van der Waals surface area (Å²) in [6.07, 6.45) is 0. The molecule has 0 amide bonds. The molecule has 0 aliphatic carbocycles. The molecule has 0 saturated carbocycles. The molecule has 2 heterocycles.